The van der Waals surface area contributed by atoms with E-state index in [9.17, 15) is 15.3 Å². The molecule has 5 atom stereocenters. The zero-order valence-corrected chi connectivity index (χ0v) is 8.46. The molecule has 0 bridgehead atoms. The molecule has 0 radical (unpaired) electrons. The number of hydrogen-bond donors (Lipinski definition) is 5. The van der Waals surface area contributed by atoms with Crippen molar-refractivity contribution >= 4 is 17.4 Å². The van der Waals surface area contributed by atoms with Gasteiger partial charge in [0.15, 0.2) is 0 Å². The van der Waals surface area contributed by atoms with E-state index < -0.39 is 36.9 Å². The minimum Gasteiger partial charge on any atom is -0.394 e. The number of rotatable bonds is 2. The van der Waals surface area contributed by atoms with Crippen molar-refractivity contribution in [3.05, 3.63) is 0 Å². The van der Waals surface area contributed by atoms with Gasteiger partial charge in [0.05, 0.1) is 11.8 Å². The summed E-state index contributed by atoms with van der Waals surface area (Å²) in [6, 6.07) is -1.37. The van der Waals surface area contributed by atoms with Crippen LogP contribution in [0.4, 0.5) is 0 Å². The Balaban J connectivity index is 2.97. The third kappa shape index (κ3) is 2.22. The molecule has 1 fully saturated rings. The minimum absolute atomic E-state index is 0.597. The van der Waals surface area contributed by atoms with Gasteiger partial charge >= 0.3 is 0 Å². The Bertz CT molecular complexity index is 283. The molecule has 15 heavy (non-hydrogen) atoms. The Hall–Kier alpha value is -0.440. The van der Waals surface area contributed by atoms with Crippen LogP contribution in [0.3, 0.4) is 0 Å². The monoisotopic (exact) mass is 236 g/mol. The van der Waals surface area contributed by atoms with E-state index in [1.165, 1.54) is 0 Å². The number of aliphatic hydroxyl groups is 4. The van der Waals surface area contributed by atoms with Crippen LogP contribution < -0.4 is 5.73 Å². The number of hydrogen-bond acceptors (Lipinski definition) is 8. The summed E-state index contributed by atoms with van der Waals surface area (Å²) in [6.45, 7) is -0.597. The van der Waals surface area contributed by atoms with Crippen molar-refractivity contribution in [1.29, 1.82) is 0 Å². The van der Waals surface area contributed by atoms with E-state index in [-0.39, 0.29) is 0 Å². The number of thiocarbonyl (C=S) groups is 1. The Morgan fingerprint density at radius 1 is 1.47 bits per heavy atom. The number of ether oxygens (including phenoxy) is 1. The maximum Gasteiger partial charge on any atom is 0.294 e. The van der Waals surface area contributed by atoms with Crippen LogP contribution in [0.2, 0.25) is 0 Å². The molecule has 1 heterocycles. The van der Waals surface area contributed by atoms with Gasteiger partial charge in [-0.3, -0.25) is 0 Å². The van der Waals surface area contributed by atoms with Crippen LogP contribution in [0, 0.1) is 0 Å². The van der Waals surface area contributed by atoms with Crippen molar-refractivity contribution in [2.75, 3.05) is 6.61 Å². The average molecular weight is 236 g/mol. The Labute approximate surface area is 90.8 Å². The third-order valence-corrected chi connectivity index (χ3v) is 2.33. The first-order chi connectivity index (χ1) is 6.96. The van der Waals surface area contributed by atoms with Crippen LogP contribution in [0.25, 0.3) is 0 Å². The van der Waals surface area contributed by atoms with Gasteiger partial charge in [-0.25, -0.2) is 0 Å². The normalized spacial score (nSPS) is 45.9. The second kappa shape index (κ2) is 4.60. The fourth-order valence-corrected chi connectivity index (χ4v) is 1.47. The molecule has 1 aliphatic heterocycles. The Kier molecular flexibility index (Phi) is 3.87. The van der Waals surface area contributed by atoms with Gasteiger partial charge in [-0.05, 0) is 12.2 Å². The third-order valence-electron chi connectivity index (χ3n) is 2.24. The standard InChI is InChI=1S/C7H12N2O5S/c8-6-5(12)4(11)3(1-10)14-7(6,13)9-2-15/h3-6,10-13H,1,8H2/t3-,4-,5+,6-,7-/m1/s1. The highest BCUT2D eigenvalue weighted by atomic mass is 32.1. The summed E-state index contributed by atoms with van der Waals surface area (Å²) in [5.41, 5.74) is 5.40. The van der Waals surface area contributed by atoms with Crippen LogP contribution in [-0.2, 0) is 4.74 Å². The van der Waals surface area contributed by atoms with Gasteiger partial charge in [0, 0.05) is 0 Å². The first-order valence-electron chi connectivity index (χ1n) is 4.18. The molecule has 7 nitrogen and oxygen atoms in total. The molecule has 0 saturated carbocycles. The highest BCUT2D eigenvalue weighted by molar-refractivity contribution is 7.78. The zero-order chi connectivity index (χ0) is 11.6. The predicted molar refractivity (Wildman–Crippen MR) is 51.9 cm³/mol. The van der Waals surface area contributed by atoms with Crippen LogP contribution in [0.5, 0.6) is 0 Å². The lowest BCUT2D eigenvalue weighted by Crippen LogP contribution is -2.67. The summed E-state index contributed by atoms with van der Waals surface area (Å²) >= 11 is 4.28. The maximum atomic E-state index is 9.70. The summed E-state index contributed by atoms with van der Waals surface area (Å²) in [5.74, 6) is -2.27. The van der Waals surface area contributed by atoms with E-state index in [0.717, 1.165) is 0 Å². The number of nitrogens with two attached hydrogens (primary N) is 1. The van der Waals surface area contributed by atoms with Gasteiger partial charge in [-0.1, -0.05) is 0 Å². The summed E-state index contributed by atoms with van der Waals surface area (Å²) in [7, 11) is 0. The highest BCUT2D eigenvalue weighted by Crippen LogP contribution is 2.27. The number of aliphatic hydroxyl groups excluding tert-OH is 3. The molecule has 1 rings (SSSR count). The van der Waals surface area contributed by atoms with Crippen molar-refractivity contribution in [3.63, 3.8) is 0 Å². The van der Waals surface area contributed by atoms with E-state index >= 15 is 0 Å². The Morgan fingerprint density at radius 2 is 2.07 bits per heavy atom. The smallest absolute Gasteiger partial charge is 0.294 e. The molecule has 8 heteroatoms. The van der Waals surface area contributed by atoms with Crippen molar-refractivity contribution in [1.82, 2.24) is 0 Å². The lowest BCUT2D eigenvalue weighted by molar-refractivity contribution is -0.309. The van der Waals surface area contributed by atoms with Crippen LogP contribution >= 0.6 is 12.2 Å². The second-order valence-corrected chi connectivity index (χ2v) is 3.39. The van der Waals surface area contributed by atoms with Crippen molar-refractivity contribution in [3.8, 4) is 0 Å². The molecule has 0 unspecified atom stereocenters. The molecule has 0 aromatic rings. The molecule has 0 aliphatic carbocycles. The lowest BCUT2D eigenvalue weighted by Gasteiger charge is -2.42. The predicted octanol–water partition coefficient (Wildman–Crippen LogP) is -2.82. The highest BCUT2D eigenvalue weighted by Gasteiger charge is 2.51. The molecule has 6 N–H and O–H groups in total. The summed E-state index contributed by atoms with van der Waals surface area (Å²) in [6.07, 6.45) is -4.06. The van der Waals surface area contributed by atoms with Gasteiger partial charge in [0.2, 0.25) is 0 Å². The molecule has 0 amide bonds. The quantitative estimate of drug-likeness (QED) is 0.258. The molecule has 1 saturated heterocycles. The van der Waals surface area contributed by atoms with Gasteiger partial charge in [-0.15, -0.1) is 0 Å². The van der Waals surface area contributed by atoms with Crippen molar-refractivity contribution in [2.24, 2.45) is 10.7 Å². The van der Waals surface area contributed by atoms with E-state index in [1.54, 1.807) is 0 Å². The minimum atomic E-state index is -2.27. The van der Waals surface area contributed by atoms with E-state index in [1.807, 2.05) is 5.16 Å². The molecule has 1 aliphatic rings. The van der Waals surface area contributed by atoms with Gasteiger partial charge in [-0.2, -0.15) is 4.99 Å². The average Bonchev–Trinajstić information content (AvgIpc) is 2.21. The molecule has 0 spiro atoms. The summed E-state index contributed by atoms with van der Waals surface area (Å²) in [5, 5.41) is 39.3. The fourth-order valence-electron chi connectivity index (χ4n) is 1.34. The summed E-state index contributed by atoms with van der Waals surface area (Å²) in [4.78, 5) is 3.27. The van der Waals surface area contributed by atoms with Crippen LogP contribution in [0.15, 0.2) is 4.99 Å². The van der Waals surface area contributed by atoms with Gasteiger partial charge < -0.3 is 30.9 Å². The van der Waals surface area contributed by atoms with Crippen molar-refractivity contribution in [2.45, 2.75) is 30.3 Å². The van der Waals surface area contributed by atoms with Crippen LogP contribution in [-0.4, -0.2) is 62.5 Å². The largest absolute Gasteiger partial charge is 0.394 e. The van der Waals surface area contributed by atoms with Crippen molar-refractivity contribution < 1.29 is 25.2 Å². The van der Waals surface area contributed by atoms with Gasteiger partial charge in [0.25, 0.3) is 5.91 Å². The number of nitrogens with zero attached hydrogens (tertiary/aromatic N) is 1. The maximum absolute atomic E-state index is 9.70. The molecular formula is C7H12N2O5S. The molecule has 0 aromatic carbocycles. The first-order valence-corrected chi connectivity index (χ1v) is 4.59. The molecular weight excluding hydrogens is 224 g/mol. The SMILES string of the molecule is N[C@@H]1[C@@H](O)[C@H](O)[C@@H](CO)O[C@@]1(O)N=C=S. The van der Waals surface area contributed by atoms with Gasteiger partial charge in [0.1, 0.15) is 24.4 Å². The number of isothiocyanates is 1. The fraction of sp³-hybridized carbons (Fsp3) is 0.857. The second-order valence-electron chi connectivity index (χ2n) is 3.21. The van der Waals surface area contributed by atoms with E-state index in [0.29, 0.717) is 0 Å². The molecule has 0 aromatic heterocycles. The number of aliphatic imine (C=N–C) groups is 1. The molecule has 86 valence electrons. The van der Waals surface area contributed by atoms with E-state index in [4.69, 9.17) is 15.6 Å². The zero-order valence-electron chi connectivity index (χ0n) is 7.65. The van der Waals surface area contributed by atoms with Crippen LogP contribution in [0.1, 0.15) is 0 Å². The Morgan fingerprint density at radius 3 is 2.53 bits per heavy atom. The van der Waals surface area contributed by atoms with E-state index in [2.05, 4.69) is 17.2 Å². The first kappa shape index (κ1) is 12.6. The lowest BCUT2D eigenvalue weighted by atomic mass is 9.95. The summed E-state index contributed by atoms with van der Waals surface area (Å²) < 4.78 is 4.83. The topological polar surface area (TPSA) is 129 Å².